The molecule has 0 heterocycles. The van der Waals surface area contributed by atoms with Gasteiger partial charge in [0.2, 0.25) is 0 Å². The van der Waals surface area contributed by atoms with Crippen LogP contribution in [0.2, 0.25) is 5.02 Å². The molecule has 0 fully saturated rings. The Bertz CT molecular complexity index is 346. The summed E-state index contributed by atoms with van der Waals surface area (Å²) in [6, 6.07) is 6.72. The van der Waals surface area contributed by atoms with Crippen LogP contribution in [0.1, 0.15) is 45.1 Å². The predicted molar refractivity (Wildman–Crippen MR) is 84.5 cm³/mol. The molecule has 0 aromatic heterocycles. The van der Waals surface area contributed by atoms with Crippen molar-refractivity contribution in [3.63, 3.8) is 0 Å². The Labute approximate surface area is 124 Å². The number of hydrogen-bond acceptors (Lipinski definition) is 1. The molecule has 1 aromatic rings. The zero-order chi connectivity index (χ0) is 13.4. The van der Waals surface area contributed by atoms with E-state index in [2.05, 4.69) is 47.2 Å². The lowest BCUT2D eigenvalue weighted by molar-refractivity contribution is 0.462. The molecular weight excluding hydrogens is 310 g/mol. The molecule has 0 aliphatic carbocycles. The Morgan fingerprint density at radius 2 is 2.06 bits per heavy atom. The number of hydrogen-bond donors (Lipinski definition) is 1. The SMILES string of the molecule is CCCCC(Cc1ccc(Br)cc1Cl)NCCC. The van der Waals surface area contributed by atoms with Gasteiger partial charge in [-0.1, -0.05) is 60.3 Å². The van der Waals surface area contributed by atoms with Crippen LogP contribution < -0.4 is 5.32 Å². The van der Waals surface area contributed by atoms with Crippen LogP contribution in [0.5, 0.6) is 0 Å². The van der Waals surface area contributed by atoms with E-state index in [9.17, 15) is 0 Å². The molecule has 1 atom stereocenters. The van der Waals surface area contributed by atoms with Crippen LogP contribution >= 0.6 is 27.5 Å². The van der Waals surface area contributed by atoms with Gasteiger partial charge in [-0.25, -0.2) is 0 Å². The number of halogens is 2. The number of rotatable bonds is 8. The van der Waals surface area contributed by atoms with Crippen LogP contribution in [-0.2, 0) is 6.42 Å². The van der Waals surface area contributed by atoms with E-state index < -0.39 is 0 Å². The summed E-state index contributed by atoms with van der Waals surface area (Å²) in [5.41, 5.74) is 1.24. The van der Waals surface area contributed by atoms with Gasteiger partial charge in [-0.2, -0.15) is 0 Å². The molecule has 0 saturated heterocycles. The molecule has 0 saturated carbocycles. The molecule has 102 valence electrons. The highest BCUT2D eigenvalue weighted by molar-refractivity contribution is 9.10. The predicted octanol–water partition coefficient (Wildman–Crippen LogP) is 5.20. The van der Waals surface area contributed by atoms with Crippen molar-refractivity contribution in [1.82, 2.24) is 5.32 Å². The topological polar surface area (TPSA) is 12.0 Å². The van der Waals surface area contributed by atoms with Crippen molar-refractivity contribution in [2.75, 3.05) is 6.54 Å². The van der Waals surface area contributed by atoms with E-state index in [4.69, 9.17) is 11.6 Å². The molecule has 0 radical (unpaired) electrons. The van der Waals surface area contributed by atoms with Gasteiger partial charge in [0.1, 0.15) is 0 Å². The van der Waals surface area contributed by atoms with Gasteiger partial charge in [-0.05, 0) is 43.5 Å². The maximum absolute atomic E-state index is 6.28. The number of nitrogens with one attached hydrogen (secondary N) is 1. The lowest BCUT2D eigenvalue weighted by Gasteiger charge is -2.19. The first-order valence-electron chi connectivity index (χ1n) is 6.84. The number of unbranched alkanes of at least 4 members (excludes halogenated alkanes) is 1. The maximum atomic E-state index is 6.28. The summed E-state index contributed by atoms with van der Waals surface area (Å²) in [5.74, 6) is 0. The molecule has 0 aliphatic heterocycles. The normalized spacial score (nSPS) is 12.7. The maximum Gasteiger partial charge on any atom is 0.0449 e. The summed E-state index contributed by atoms with van der Waals surface area (Å²) in [7, 11) is 0. The van der Waals surface area contributed by atoms with Crippen molar-refractivity contribution in [2.24, 2.45) is 0 Å². The molecule has 0 aliphatic rings. The first kappa shape index (κ1) is 16.0. The van der Waals surface area contributed by atoms with Gasteiger partial charge in [0.25, 0.3) is 0 Å². The van der Waals surface area contributed by atoms with Gasteiger partial charge in [-0.15, -0.1) is 0 Å². The largest absolute Gasteiger partial charge is 0.314 e. The second kappa shape index (κ2) is 8.95. The third kappa shape index (κ3) is 5.73. The molecule has 0 amide bonds. The monoisotopic (exact) mass is 331 g/mol. The molecule has 0 bridgehead atoms. The third-order valence-electron chi connectivity index (χ3n) is 3.07. The molecule has 0 spiro atoms. The minimum absolute atomic E-state index is 0.545. The van der Waals surface area contributed by atoms with Crippen molar-refractivity contribution in [3.05, 3.63) is 33.3 Å². The quantitative estimate of drug-likeness (QED) is 0.689. The van der Waals surface area contributed by atoms with E-state index in [-0.39, 0.29) is 0 Å². The Kier molecular flexibility index (Phi) is 7.96. The van der Waals surface area contributed by atoms with Gasteiger partial charge in [0.15, 0.2) is 0 Å². The van der Waals surface area contributed by atoms with E-state index in [0.29, 0.717) is 6.04 Å². The minimum Gasteiger partial charge on any atom is -0.314 e. The Hall–Kier alpha value is -0.0500. The smallest absolute Gasteiger partial charge is 0.0449 e. The highest BCUT2D eigenvalue weighted by Gasteiger charge is 2.10. The summed E-state index contributed by atoms with van der Waals surface area (Å²) in [6.07, 6.45) is 5.94. The summed E-state index contributed by atoms with van der Waals surface area (Å²) >= 11 is 9.73. The van der Waals surface area contributed by atoms with E-state index in [1.807, 2.05) is 6.07 Å². The summed E-state index contributed by atoms with van der Waals surface area (Å²) < 4.78 is 1.04. The fraction of sp³-hybridized carbons (Fsp3) is 0.600. The second-order valence-electron chi connectivity index (χ2n) is 4.73. The second-order valence-corrected chi connectivity index (χ2v) is 6.06. The molecule has 18 heavy (non-hydrogen) atoms. The van der Waals surface area contributed by atoms with Gasteiger partial charge in [0.05, 0.1) is 0 Å². The van der Waals surface area contributed by atoms with Gasteiger partial charge < -0.3 is 5.32 Å². The van der Waals surface area contributed by atoms with Gasteiger partial charge in [0, 0.05) is 15.5 Å². The Balaban J connectivity index is 2.62. The fourth-order valence-electron chi connectivity index (χ4n) is 2.03. The first-order chi connectivity index (χ1) is 8.67. The van der Waals surface area contributed by atoms with Crippen molar-refractivity contribution in [2.45, 2.75) is 52.0 Å². The Morgan fingerprint density at radius 1 is 1.28 bits per heavy atom. The summed E-state index contributed by atoms with van der Waals surface area (Å²) in [4.78, 5) is 0. The highest BCUT2D eigenvalue weighted by atomic mass is 79.9. The average molecular weight is 333 g/mol. The van der Waals surface area contributed by atoms with Crippen LogP contribution in [-0.4, -0.2) is 12.6 Å². The standard InChI is InChI=1S/C15H23BrClN/c1-3-5-6-14(18-9-4-2)10-12-7-8-13(16)11-15(12)17/h7-8,11,14,18H,3-6,9-10H2,1-2H3. The van der Waals surface area contributed by atoms with Crippen molar-refractivity contribution in [3.8, 4) is 0 Å². The lowest BCUT2D eigenvalue weighted by Crippen LogP contribution is -2.31. The lowest BCUT2D eigenvalue weighted by atomic mass is 10.0. The van der Waals surface area contributed by atoms with Crippen LogP contribution in [0.15, 0.2) is 22.7 Å². The molecule has 1 unspecified atom stereocenters. The van der Waals surface area contributed by atoms with Crippen LogP contribution in [0.4, 0.5) is 0 Å². The van der Waals surface area contributed by atoms with Crippen molar-refractivity contribution >= 4 is 27.5 Å². The number of benzene rings is 1. The molecule has 1 N–H and O–H groups in total. The molecule has 1 aromatic carbocycles. The van der Waals surface area contributed by atoms with Crippen molar-refractivity contribution in [1.29, 1.82) is 0 Å². The molecular formula is C15H23BrClN. The summed E-state index contributed by atoms with van der Waals surface area (Å²) in [6.45, 7) is 5.53. The van der Waals surface area contributed by atoms with E-state index in [1.165, 1.54) is 31.2 Å². The first-order valence-corrected chi connectivity index (χ1v) is 8.01. The fourth-order valence-corrected chi connectivity index (χ4v) is 2.78. The van der Waals surface area contributed by atoms with E-state index >= 15 is 0 Å². The van der Waals surface area contributed by atoms with Crippen LogP contribution in [0.25, 0.3) is 0 Å². The zero-order valence-corrected chi connectivity index (χ0v) is 13.6. The summed E-state index contributed by atoms with van der Waals surface area (Å²) in [5, 5.41) is 4.49. The average Bonchev–Trinajstić information content (AvgIpc) is 2.35. The molecule has 3 heteroatoms. The van der Waals surface area contributed by atoms with Gasteiger partial charge in [-0.3, -0.25) is 0 Å². The van der Waals surface area contributed by atoms with E-state index in [1.54, 1.807) is 0 Å². The molecule has 1 nitrogen and oxygen atoms in total. The van der Waals surface area contributed by atoms with Gasteiger partial charge >= 0.3 is 0 Å². The zero-order valence-electron chi connectivity index (χ0n) is 11.3. The van der Waals surface area contributed by atoms with Crippen LogP contribution in [0, 0.1) is 0 Å². The minimum atomic E-state index is 0.545. The van der Waals surface area contributed by atoms with Crippen LogP contribution in [0.3, 0.4) is 0 Å². The highest BCUT2D eigenvalue weighted by Crippen LogP contribution is 2.23. The van der Waals surface area contributed by atoms with Crippen molar-refractivity contribution < 1.29 is 0 Å². The third-order valence-corrected chi connectivity index (χ3v) is 3.92. The Morgan fingerprint density at radius 3 is 2.67 bits per heavy atom. The van der Waals surface area contributed by atoms with E-state index in [0.717, 1.165) is 22.5 Å². The molecule has 1 rings (SSSR count).